The molecule has 31 heavy (non-hydrogen) atoms. The topological polar surface area (TPSA) is 62.2 Å². The number of hydrogen-bond donors (Lipinski definition) is 2. The van der Waals surface area contributed by atoms with Gasteiger partial charge in [-0.1, -0.05) is 24.3 Å². The van der Waals surface area contributed by atoms with E-state index in [1.165, 1.54) is 0 Å². The molecule has 1 aromatic carbocycles. The number of para-hydroxylation sites is 1. The van der Waals surface area contributed by atoms with E-state index in [0.717, 1.165) is 16.9 Å². The van der Waals surface area contributed by atoms with Crippen molar-refractivity contribution < 1.29 is 4.79 Å². The Balaban J connectivity index is 1.64. The fourth-order valence-electron chi connectivity index (χ4n) is 3.82. The van der Waals surface area contributed by atoms with Crippen molar-refractivity contribution in [2.45, 2.75) is 38.4 Å². The molecule has 3 heterocycles. The normalized spacial score (nSPS) is 18.7. The van der Waals surface area contributed by atoms with Gasteiger partial charge in [-0.15, -0.1) is 0 Å². The van der Waals surface area contributed by atoms with Crippen LogP contribution in [-0.4, -0.2) is 32.0 Å². The van der Waals surface area contributed by atoms with Crippen LogP contribution in [0.25, 0.3) is 0 Å². The first-order valence-electron chi connectivity index (χ1n) is 10.3. The molecule has 0 saturated carbocycles. The van der Waals surface area contributed by atoms with Gasteiger partial charge in [-0.2, -0.15) is 0 Å². The number of amides is 1. The zero-order valence-corrected chi connectivity index (χ0v) is 18.8. The number of nitrogens with one attached hydrogen (secondary N) is 2. The van der Waals surface area contributed by atoms with Crippen molar-refractivity contribution in [1.82, 2.24) is 19.8 Å². The molecule has 0 radical (unpaired) electrons. The van der Waals surface area contributed by atoms with Gasteiger partial charge in [0, 0.05) is 29.8 Å². The maximum atomic E-state index is 12.8. The van der Waals surface area contributed by atoms with Crippen molar-refractivity contribution in [3.05, 3.63) is 84.4 Å². The lowest BCUT2D eigenvalue weighted by Gasteiger charge is -2.27. The van der Waals surface area contributed by atoms with Crippen LogP contribution >= 0.6 is 12.2 Å². The summed E-state index contributed by atoms with van der Waals surface area (Å²) >= 11 is 5.66. The molecule has 1 aliphatic rings. The fourth-order valence-corrected chi connectivity index (χ4v) is 4.13. The van der Waals surface area contributed by atoms with Gasteiger partial charge in [-0.25, -0.2) is 0 Å². The summed E-state index contributed by atoms with van der Waals surface area (Å²) in [5.74, 6) is -0.114. The fraction of sp³-hybridized carbons (Fsp3) is 0.292. The van der Waals surface area contributed by atoms with E-state index < -0.39 is 0 Å². The number of benzene rings is 1. The second kappa shape index (κ2) is 8.51. The van der Waals surface area contributed by atoms with Crippen LogP contribution in [0, 0.1) is 0 Å². The highest BCUT2D eigenvalue weighted by atomic mass is 32.1. The van der Waals surface area contributed by atoms with E-state index in [1.54, 1.807) is 6.20 Å². The minimum atomic E-state index is -0.146. The summed E-state index contributed by atoms with van der Waals surface area (Å²) in [6, 6.07) is 17.1. The molecule has 6 nitrogen and oxygen atoms in total. The number of anilines is 1. The van der Waals surface area contributed by atoms with E-state index >= 15 is 0 Å². The Morgan fingerprint density at radius 2 is 1.87 bits per heavy atom. The number of thiocarbonyl (C=S) groups is 1. The summed E-state index contributed by atoms with van der Waals surface area (Å²) in [5, 5.41) is 6.90. The number of rotatable bonds is 5. The third-order valence-corrected chi connectivity index (χ3v) is 5.75. The molecule has 1 amide bonds. The summed E-state index contributed by atoms with van der Waals surface area (Å²) in [5.41, 5.74) is 2.71. The molecule has 0 spiro atoms. The van der Waals surface area contributed by atoms with Gasteiger partial charge in [0.25, 0.3) is 0 Å². The van der Waals surface area contributed by atoms with Gasteiger partial charge in [-0.05, 0) is 68.9 Å². The maximum absolute atomic E-state index is 12.8. The van der Waals surface area contributed by atoms with Gasteiger partial charge in [0.15, 0.2) is 5.11 Å². The lowest BCUT2D eigenvalue weighted by atomic mass is 9.99. The molecule has 0 aliphatic carbocycles. The Hall–Kier alpha value is -3.19. The first-order valence-corrected chi connectivity index (χ1v) is 10.7. The van der Waals surface area contributed by atoms with Crippen molar-refractivity contribution in [2.75, 3.05) is 11.9 Å². The minimum absolute atomic E-state index is 0.0409. The van der Waals surface area contributed by atoms with Gasteiger partial charge in [0.05, 0.1) is 17.8 Å². The lowest BCUT2D eigenvalue weighted by Crippen LogP contribution is -2.37. The quantitative estimate of drug-likeness (QED) is 0.589. The largest absolute Gasteiger partial charge is 0.352 e. The molecule has 0 unspecified atom stereocenters. The number of carbonyl (C=O) groups is 1. The molecule has 1 fully saturated rings. The summed E-state index contributed by atoms with van der Waals surface area (Å²) in [6.07, 6.45) is 5.99. The van der Waals surface area contributed by atoms with Crippen molar-refractivity contribution in [2.24, 2.45) is 0 Å². The monoisotopic (exact) mass is 433 g/mol. The Morgan fingerprint density at radius 1 is 1.13 bits per heavy atom. The summed E-state index contributed by atoms with van der Waals surface area (Å²) in [7, 11) is 0. The second-order valence-corrected chi connectivity index (χ2v) is 9.08. The smallest absolute Gasteiger partial charge is 0.244 e. The minimum Gasteiger partial charge on any atom is -0.352 e. The van der Waals surface area contributed by atoms with Gasteiger partial charge < -0.3 is 20.1 Å². The van der Waals surface area contributed by atoms with Gasteiger partial charge >= 0.3 is 0 Å². The Labute approximate surface area is 188 Å². The Kier molecular flexibility index (Phi) is 5.78. The van der Waals surface area contributed by atoms with Crippen molar-refractivity contribution in [3.8, 4) is 0 Å². The summed E-state index contributed by atoms with van der Waals surface area (Å²) in [4.78, 5) is 19.3. The third-order valence-electron chi connectivity index (χ3n) is 5.40. The van der Waals surface area contributed by atoms with E-state index in [9.17, 15) is 4.79 Å². The molecule has 0 bridgehead atoms. The number of hydrogen-bond acceptors (Lipinski definition) is 3. The number of aromatic nitrogens is 2. The van der Waals surface area contributed by atoms with Gasteiger partial charge in [0.1, 0.15) is 6.54 Å². The number of carbonyl (C=O) groups excluding carboxylic acids is 1. The zero-order valence-electron chi connectivity index (χ0n) is 17.9. The molecular formula is C24H27N5OS. The molecule has 160 valence electrons. The second-order valence-electron chi connectivity index (χ2n) is 8.69. The van der Waals surface area contributed by atoms with Crippen LogP contribution in [0.15, 0.2) is 73.2 Å². The highest BCUT2D eigenvalue weighted by Crippen LogP contribution is 2.39. The standard InChI is InChI=1S/C24H27N5OS/c1-24(2,3)28-14-12-17(15-28)22-21(19-11-7-8-13-25-19)27-23(31)29(22)16-20(30)26-18-9-5-4-6-10-18/h4-15,21-22H,16H2,1-3H3,(H,26,30)(H,27,31)/t21-,22+/m1/s1. The van der Waals surface area contributed by atoms with Crippen LogP contribution in [0.4, 0.5) is 5.69 Å². The summed E-state index contributed by atoms with van der Waals surface area (Å²) in [6.45, 7) is 6.64. The molecule has 2 N–H and O–H groups in total. The first-order chi connectivity index (χ1) is 14.8. The number of pyridine rings is 1. The average Bonchev–Trinajstić information content (AvgIpc) is 3.35. The van der Waals surface area contributed by atoms with Gasteiger partial charge in [0.2, 0.25) is 5.91 Å². The molecule has 1 aliphatic heterocycles. The van der Waals surface area contributed by atoms with Crippen LogP contribution in [-0.2, 0) is 10.3 Å². The van der Waals surface area contributed by atoms with Crippen LogP contribution in [0.2, 0.25) is 0 Å². The number of nitrogens with zero attached hydrogens (tertiary/aromatic N) is 3. The molecule has 4 rings (SSSR count). The molecule has 2 atom stereocenters. The highest BCUT2D eigenvalue weighted by molar-refractivity contribution is 7.80. The SMILES string of the molecule is CC(C)(C)n1ccc([C@H]2[C@@H](c3ccccn3)NC(=S)N2CC(=O)Nc2ccccc2)c1. The van der Waals surface area contributed by atoms with Crippen LogP contribution in [0.5, 0.6) is 0 Å². The maximum Gasteiger partial charge on any atom is 0.244 e. The van der Waals surface area contributed by atoms with Crippen molar-refractivity contribution in [1.29, 1.82) is 0 Å². The third kappa shape index (κ3) is 4.61. The summed E-state index contributed by atoms with van der Waals surface area (Å²) < 4.78 is 2.18. The van der Waals surface area contributed by atoms with Crippen molar-refractivity contribution >= 4 is 28.9 Å². The molecule has 7 heteroatoms. The average molecular weight is 434 g/mol. The van der Waals surface area contributed by atoms with E-state index in [4.69, 9.17) is 12.2 Å². The zero-order chi connectivity index (χ0) is 22.0. The predicted molar refractivity (Wildman–Crippen MR) is 127 cm³/mol. The predicted octanol–water partition coefficient (Wildman–Crippen LogP) is 4.25. The van der Waals surface area contributed by atoms with Crippen LogP contribution < -0.4 is 10.6 Å². The van der Waals surface area contributed by atoms with E-state index in [0.29, 0.717) is 5.11 Å². The molecule has 1 saturated heterocycles. The molecule has 2 aromatic heterocycles. The van der Waals surface area contributed by atoms with E-state index in [2.05, 4.69) is 59.4 Å². The molecule has 3 aromatic rings. The van der Waals surface area contributed by atoms with E-state index in [1.807, 2.05) is 53.4 Å². The van der Waals surface area contributed by atoms with Crippen molar-refractivity contribution in [3.63, 3.8) is 0 Å². The van der Waals surface area contributed by atoms with Gasteiger partial charge in [-0.3, -0.25) is 9.78 Å². The van der Waals surface area contributed by atoms with E-state index in [-0.39, 0.29) is 30.1 Å². The lowest BCUT2D eigenvalue weighted by molar-refractivity contribution is -0.116. The van der Waals surface area contributed by atoms with Crippen LogP contribution in [0.3, 0.4) is 0 Å². The first kappa shape index (κ1) is 21.1. The highest BCUT2D eigenvalue weighted by Gasteiger charge is 2.41. The molecular weight excluding hydrogens is 406 g/mol. The Bertz CT molecular complexity index is 1060. The van der Waals surface area contributed by atoms with Crippen LogP contribution in [0.1, 0.15) is 44.1 Å². The Morgan fingerprint density at radius 3 is 2.52 bits per heavy atom.